The second-order valence-corrected chi connectivity index (χ2v) is 2.95. The van der Waals surface area contributed by atoms with Gasteiger partial charge in [0.2, 0.25) is 0 Å². The standard InChI is InChI=1S/C8H7Cl2N/c9-8(10)11-6-7-4-2-1-3-5-7/h1-5H,6H2. The number of rotatable bonds is 2. The molecule has 0 aliphatic carbocycles. The van der Waals surface area contributed by atoms with E-state index in [9.17, 15) is 0 Å². The largest absolute Gasteiger partial charge is 0.258 e. The lowest BCUT2D eigenvalue weighted by Crippen LogP contribution is -1.80. The van der Waals surface area contributed by atoms with Crippen molar-refractivity contribution in [3.05, 3.63) is 35.9 Å². The Balaban J connectivity index is 2.59. The van der Waals surface area contributed by atoms with E-state index in [1.807, 2.05) is 30.3 Å². The third-order valence-corrected chi connectivity index (χ3v) is 1.46. The third-order valence-electron chi connectivity index (χ3n) is 1.22. The molecule has 0 N–H and O–H groups in total. The monoisotopic (exact) mass is 187 g/mol. The van der Waals surface area contributed by atoms with Crippen LogP contribution < -0.4 is 0 Å². The van der Waals surface area contributed by atoms with Crippen LogP contribution in [-0.2, 0) is 6.54 Å². The minimum absolute atomic E-state index is 0.0776. The van der Waals surface area contributed by atoms with Crippen LogP contribution in [-0.4, -0.2) is 4.63 Å². The lowest BCUT2D eigenvalue weighted by atomic mass is 10.2. The molecule has 0 bridgehead atoms. The molecule has 0 spiro atoms. The lowest BCUT2D eigenvalue weighted by Gasteiger charge is -1.93. The summed E-state index contributed by atoms with van der Waals surface area (Å²) in [5.41, 5.74) is 1.10. The normalized spacial score (nSPS) is 9.27. The average Bonchev–Trinajstić information content (AvgIpc) is 2.03. The zero-order valence-corrected chi connectivity index (χ0v) is 7.31. The highest BCUT2D eigenvalue weighted by Gasteiger charge is 1.88. The molecule has 1 rings (SSSR count). The Morgan fingerprint density at radius 1 is 1.18 bits per heavy atom. The summed E-state index contributed by atoms with van der Waals surface area (Å²) >= 11 is 10.7. The fourth-order valence-corrected chi connectivity index (χ4v) is 0.854. The number of nitrogens with zero attached hydrogens (tertiary/aromatic N) is 1. The lowest BCUT2D eigenvalue weighted by molar-refractivity contribution is 1.08. The quantitative estimate of drug-likeness (QED) is 0.632. The molecule has 11 heavy (non-hydrogen) atoms. The second kappa shape index (κ2) is 4.37. The van der Waals surface area contributed by atoms with Crippen LogP contribution in [0.25, 0.3) is 0 Å². The third kappa shape index (κ3) is 3.40. The van der Waals surface area contributed by atoms with Crippen LogP contribution in [0.4, 0.5) is 0 Å². The number of aliphatic imine (C=N–C) groups is 1. The fraction of sp³-hybridized carbons (Fsp3) is 0.125. The van der Waals surface area contributed by atoms with E-state index in [1.165, 1.54) is 0 Å². The van der Waals surface area contributed by atoms with E-state index in [1.54, 1.807) is 0 Å². The first kappa shape index (κ1) is 8.57. The molecule has 0 unspecified atom stereocenters. The van der Waals surface area contributed by atoms with E-state index in [2.05, 4.69) is 4.99 Å². The van der Waals surface area contributed by atoms with Crippen LogP contribution in [0, 0.1) is 0 Å². The first-order valence-electron chi connectivity index (χ1n) is 3.18. The predicted octanol–water partition coefficient (Wildman–Crippen LogP) is 3.02. The van der Waals surface area contributed by atoms with E-state index < -0.39 is 0 Å². The molecule has 0 fully saturated rings. The van der Waals surface area contributed by atoms with Gasteiger partial charge in [-0.2, -0.15) is 0 Å². The number of hydrogen-bond acceptors (Lipinski definition) is 1. The summed E-state index contributed by atoms with van der Waals surface area (Å²) in [5.74, 6) is 0. The minimum atomic E-state index is 0.0776. The van der Waals surface area contributed by atoms with Gasteiger partial charge in [0.1, 0.15) is 0 Å². The van der Waals surface area contributed by atoms with Gasteiger partial charge >= 0.3 is 0 Å². The highest BCUT2D eigenvalue weighted by atomic mass is 35.5. The first-order valence-corrected chi connectivity index (χ1v) is 3.94. The summed E-state index contributed by atoms with van der Waals surface area (Å²) in [4.78, 5) is 3.84. The molecule has 0 amide bonds. The molecule has 1 aromatic rings. The van der Waals surface area contributed by atoms with Gasteiger partial charge in [-0.05, 0) is 28.8 Å². The summed E-state index contributed by atoms with van der Waals surface area (Å²) in [6, 6.07) is 9.80. The zero-order chi connectivity index (χ0) is 8.10. The Bertz CT molecular complexity index is 240. The summed E-state index contributed by atoms with van der Waals surface area (Å²) in [6.45, 7) is 0.545. The van der Waals surface area contributed by atoms with Crippen molar-refractivity contribution in [1.82, 2.24) is 0 Å². The van der Waals surface area contributed by atoms with Crippen molar-refractivity contribution < 1.29 is 0 Å². The van der Waals surface area contributed by atoms with Gasteiger partial charge in [-0.15, -0.1) is 0 Å². The average molecular weight is 188 g/mol. The van der Waals surface area contributed by atoms with Gasteiger partial charge < -0.3 is 0 Å². The van der Waals surface area contributed by atoms with Gasteiger partial charge in [0.25, 0.3) is 0 Å². The smallest absolute Gasteiger partial charge is 0.192 e. The van der Waals surface area contributed by atoms with Crippen LogP contribution in [0.15, 0.2) is 35.3 Å². The van der Waals surface area contributed by atoms with E-state index >= 15 is 0 Å². The molecule has 0 aliphatic rings. The predicted molar refractivity (Wildman–Crippen MR) is 49.3 cm³/mol. The first-order chi connectivity index (χ1) is 5.29. The highest BCUT2D eigenvalue weighted by Crippen LogP contribution is 2.02. The zero-order valence-electron chi connectivity index (χ0n) is 5.80. The molecule has 0 atom stereocenters. The van der Waals surface area contributed by atoms with E-state index in [0.29, 0.717) is 6.54 Å². The summed E-state index contributed by atoms with van der Waals surface area (Å²) in [7, 11) is 0. The Morgan fingerprint density at radius 2 is 1.82 bits per heavy atom. The van der Waals surface area contributed by atoms with Crippen molar-refractivity contribution in [2.24, 2.45) is 4.99 Å². The van der Waals surface area contributed by atoms with Crippen LogP contribution in [0.2, 0.25) is 0 Å². The fourth-order valence-electron chi connectivity index (χ4n) is 0.734. The van der Waals surface area contributed by atoms with Crippen LogP contribution >= 0.6 is 23.2 Å². The van der Waals surface area contributed by atoms with E-state index in [4.69, 9.17) is 23.2 Å². The summed E-state index contributed by atoms with van der Waals surface area (Å²) < 4.78 is 0.0776. The van der Waals surface area contributed by atoms with Crippen molar-refractivity contribution in [1.29, 1.82) is 0 Å². The molecule has 1 nitrogen and oxygen atoms in total. The molecular formula is C8H7Cl2N. The molecule has 0 aliphatic heterocycles. The second-order valence-electron chi connectivity index (χ2n) is 2.04. The van der Waals surface area contributed by atoms with Crippen LogP contribution in [0.3, 0.4) is 0 Å². The van der Waals surface area contributed by atoms with Crippen molar-refractivity contribution in [2.75, 3.05) is 0 Å². The molecule has 0 radical (unpaired) electrons. The van der Waals surface area contributed by atoms with Crippen LogP contribution in [0.1, 0.15) is 5.56 Å². The van der Waals surface area contributed by atoms with Gasteiger partial charge in [-0.1, -0.05) is 30.3 Å². The van der Waals surface area contributed by atoms with Gasteiger partial charge in [0, 0.05) is 0 Å². The van der Waals surface area contributed by atoms with Gasteiger partial charge in [-0.3, -0.25) is 4.99 Å². The molecule has 0 saturated heterocycles. The van der Waals surface area contributed by atoms with Crippen LogP contribution in [0.5, 0.6) is 0 Å². The SMILES string of the molecule is ClC(Cl)=NCc1ccccc1. The van der Waals surface area contributed by atoms with Crippen molar-refractivity contribution in [3.8, 4) is 0 Å². The number of benzene rings is 1. The molecule has 0 saturated carbocycles. The van der Waals surface area contributed by atoms with Gasteiger partial charge in [0.15, 0.2) is 4.63 Å². The summed E-state index contributed by atoms with van der Waals surface area (Å²) in [6.07, 6.45) is 0. The maximum atomic E-state index is 5.34. The van der Waals surface area contributed by atoms with Crippen molar-refractivity contribution >= 4 is 27.8 Å². The Hall–Kier alpha value is -0.530. The molecule has 0 aromatic heterocycles. The van der Waals surface area contributed by atoms with Gasteiger partial charge in [0.05, 0.1) is 6.54 Å². The van der Waals surface area contributed by atoms with Gasteiger partial charge in [-0.25, -0.2) is 0 Å². The van der Waals surface area contributed by atoms with E-state index in [0.717, 1.165) is 5.56 Å². The Labute approximate surface area is 75.7 Å². The summed E-state index contributed by atoms with van der Waals surface area (Å²) in [5, 5.41) is 0. The molecule has 58 valence electrons. The highest BCUT2D eigenvalue weighted by molar-refractivity contribution is 6.95. The number of halogens is 2. The Kier molecular flexibility index (Phi) is 3.40. The Morgan fingerprint density at radius 3 is 2.36 bits per heavy atom. The molecule has 3 heteroatoms. The minimum Gasteiger partial charge on any atom is -0.258 e. The maximum absolute atomic E-state index is 5.34. The molecule has 1 aromatic carbocycles. The molecule has 0 heterocycles. The van der Waals surface area contributed by atoms with Crippen molar-refractivity contribution in [3.63, 3.8) is 0 Å². The maximum Gasteiger partial charge on any atom is 0.192 e. The molecular weight excluding hydrogens is 181 g/mol. The van der Waals surface area contributed by atoms with E-state index in [-0.39, 0.29) is 4.63 Å². The van der Waals surface area contributed by atoms with Crippen molar-refractivity contribution in [2.45, 2.75) is 6.54 Å². The number of hydrogen-bond donors (Lipinski definition) is 0. The topological polar surface area (TPSA) is 12.4 Å².